The van der Waals surface area contributed by atoms with E-state index in [1.54, 1.807) is 18.2 Å². The number of nitrogens with one attached hydrogen (secondary N) is 1. The summed E-state index contributed by atoms with van der Waals surface area (Å²) in [6, 6.07) is 6.19. The predicted octanol–water partition coefficient (Wildman–Crippen LogP) is 1.14. The number of aliphatic hydroxyl groups is 1. The van der Waals surface area contributed by atoms with Gasteiger partial charge in [-0.1, -0.05) is 18.2 Å². The van der Waals surface area contributed by atoms with Gasteiger partial charge in [-0.15, -0.1) is 0 Å². The van der Waals surface area contributed by atoms with Crippen molar-refractivity contribution in [3.8, 4) is 0 Å². The molecule has 1 aliphatic heterocycles. The molecule has 1 heterocycles. The Kier molecular flexibility index (Phi) is 2.23. The van der Waals surface area contributed by atoms with E-state index in [1.807, 2.05) is 0 Å². The molecule has 0 aliphatic carbocycles. The van der Waals surface area contributed by atoms with Crippen molar-refractivity contribution in [2.24, 2.45) is 0 Å². The van der Waals surface area contributed by atoms with Crippen LogP contribution < -0.4 is 5.32 Å². The van der Waals surface area contributed by atoms with E-state index in [0.717, 1.165) is 0 Å². The molecule has 1 aromatic rings. The Morgan fingerprint density at radius 2 is 2.20 bits per heavy atom. The molecule has 1 saturated heterocycles. The van der Waals surface area contributed by atoms with Gasteiger partial charge >= 0.3 is 0 Å². The van der Waals surface area contributed by atoms with Gasteiger partial charge in [0.2, 0.25) is 5.91 Å². The van der Waals surface area contributed by atoms with Crippen LogP contribution in [0.4, 0.5) is 4.39 Å². The summed E-state index contributed by atoms with van der Waals surface area (Å²) in [6.07, 6.45) is 0.119. The van der Waals surface area contributed by atoms with Crippen molar-refractivity contribution in [2.75, 3.05) is 0 Å². The Bertz CT molecular complexity index is 403. The molecule has 2 unspecified atom stereocenters. The lowest BCUT2D eigenvalue weighted by molar-refractivity contribution is -0.121. The first kappa shape index (κ1) is 10.1. The first-order chi connectivity index (χ1) is 7.00. The van der Waals surface area contributed by atoms with Crippen LogP contribution in [0.3, 0.4) is 0 Å². The van der Waals surface area contributed by atoms with Crippen LogP contribution in [0.5, 0.6) is 0 Å². The summed E-state index contributed by atoms with van der Waals surface area (Å²) >= 11 is 0. The Labute approximate surface area is 86.9 Å². The zero-order valence-electron chi connectivity index (χ0n) is 8.33. The first-order valence-corrected chi connectivity index (χ1v) is 4.78. The van der Waals surface area contributed by atoms with E-state index in [2.05, 4.69) is 5.32 Å². The van der Waals surface area contributed by atoms with Crippen LogP contribution in [0.2, 0.25) is 0 Å². The van der Waals surface area contributed by atoms with Crippen LogP contribution in [0.15, 0.2) is 24.3 Å². The van der Waals surface area contributed by atoms with Crippen molar-refractivity contribution in [3.63, 3.8) is 0 Å². The fraction of sp³-hybridized carbons (Fsp3) is 0.364. The zero-order valence-corrected chi connectivity index (χ0v) is 8.33. The molecule has 0 bridgehead atoms. The average molecular weight is 209 g/mol. The van der Waals surface area contributed by atoms with Crippen molar-refractivity contribution in [1.29, 1.82) is 0 Å². The number of carbonyl (C=O) groups is 1. The Hall–Kier alpha value is -1.42. The number of halogens is 1. The molecular formula is C11H12FNO2. The smallest absolute Gasteiger partial charge is 0.223 e. The van der Waals surface area contributed by atoms with Crippen LogP contribution in [-0.2, 0) is 4.79 Å². The van der Waals surface area contributed by atoms with Gasteiger partial charge in [-0.05, 0) is 18.6 Å². The molecule has 4 heteroatoms. The maximum Gasteiger partial charge on any atom is 0.223 e. The third-order valence-electron chi connectivity index (χ3n) is 2.74. The summed E-state index contributed by atoms with van der Waals surface area (Å²) < 4.78 is 13.5. The SMILES string of the molecule is CC1(O)NC(=O)CC1c1ccccc1F. The van der Waals surface area contributed by atoms with Crippen molar-refractivity contribution < 1.29 is 14.3 Å². The summed E-state index contributed by atoms with van der Waals surface area (Å²) in [5.41, 5.74) is -0.986. The summed E-state index contributed by atoms with van der Waals surface area (Å²) in [5, 5.41) is 12.3. The molecule has 0 radical (unpaired) electrons. The predicted molar refractivity (Wildman–Crippen MR) is 52.5 cm³/mol. The highest BCUT2D eigenvalue weighted by molar-refractivity contribution is 5.80. The molecular weight excluding hydrogens is 197 g/mol. The lowest BCUT2D eigenvalue weighted by atomic mass is 9.90. The maximum atomic E-state index is 13.5. The number of carbonyl (C=O) groups excluding carboxylic acids is 1. The standard InChI is InChI=1S/C11H12FNO2/c1-11(15)8(6-10(14)13-11)7-4-2-3-5-9(7)12/h2-5,8,15H,6H2,1H3,(H,13,14). The minimum absolute atomic E-state index is 0.119. The van der Waals surface area contributed by atoms with Gasteiger partial charge in [-0.25, -0.2) is 4.39 Å². The second-order valence-electron chi connectivity index (χ2n) is 3.97. The number of benzene rings is 1. The molecule has 15 heavy (non-hydrogen) atoms. The maximum absolute atomic E-state index is 13.5. The van der Waals surface area contributed by atoms with Crippen LogP contribution in [0.1, 0.15) is 24.8 Å². The quantitative estimate of drug-likeness (QED) is 0.728. The second kappa shape index (κ2) is 3.31. The largest absolute Gasteiger partial charge is 0.371 e. The molecule has 1 fully saturated rings. The van der Waals surface area contributed by atoms with Crippen molar-refractivity contribution >= 4 is 5.91 Å². The topological polar surface area (TPSA) is 49.3 Å². The van der Waals surface area contributed by atoms with Crippen LogP contribution in [0, 0.1) is 5.82 Å². The van der Waals surface area contributed by atoms with Crippen LogP contribution in [0.25, 0.3) is 0 Å². The van der Waals surface area contributed by atoms with Gasteiger partial charge in [0, 0.05) is 12.3 Å². The van der Waals surface area contributed by atoms with E-state index < -0.39 is 11.6 Å². The number of rotatable bonds is 1. The second-order valence-corrected chi connectivity index (χ2v) is 3.97. The molecule has 2 N–H and O–H groups in total. The third-order valence-corrected chi connectivity index (χ3v) is 2.74. The Morgan fingerprint density at radius 1 is 1.53 bits per heavy atom. The van der Waals surface area contributed by atoms with E-state index in [-0.39, 0.29) is 18.1 Å². The monoisotopic (exact) mass is 209 g/mol. The lowest BCUT2D eigenvalue weighted by Gasteiger charge is -2.25. The molecule has 0 saturated carbocycles. The molecule has 2 atom stereocenters. The van der Waals surface area contributed by atoms with Gasteiger partial charge in [-0.3, -0.25) is 4.79 Å². The van der Waals surface area contributed by atoms with Crippen molar-refractivity contribution in [3.05, 3.63) is 35.6 Å². The normalized spacial score (nSPS) is 30.3. The van der Waals surface area contributed by atoms with Gasteiger partial charge in [0.15, 0.2) is 0 Å². The van der Waals surface area contributed by atoms with Gasteiger partial charge in [-0.2, -0.15) is 0 Å². The van der Waals surface area contributed by atoms with Crippen molar-refractivity contribution in [1.82, 2.24) is 5.32 Å². The van der Waals surface area contributed by atoms with Crippen LogP contribution in [-0.4, -0.2) is 16.7 Å². The number of hydrogen-bond acceptors (Lipinski definition) is 2. The van der Waals surface area contributed by atoms with Crippen LogP contribution >= 0.6 is 0 Å². The van der Waals surface area contributed by atoms with Crippen molar-refractivity contribution in [2.45, 2.75) is 25.0 Å². The highest BCUT2D eigenvalue weighted by Crippen LogP contribution is 2.35. The number of hydrogen-bond donors (Lipinski definition) is 2. The van der Waals surface area contributed by atoms with E-state index in [0.29, 0.717) is 5.56 Å². The van der Waals surface area contributed by atoms with Gasteiger partial charge in [0.25, 0.3) is 0 Å². The molecule has 0 spiro atoms. The van der Waals surface area contributed by atoms with E-state index in [9.17, 15) is 14.3 Å². The fourth-order valence-electron chi connectivity index (χ4n) is 1.97. The molecule has 1 amide bonds. The number of amides is 1. The molecule has 1 aliphatic rings. The minimum Gasteiger partial charge on any atom is -0.371 e. The van der Waals surface area contributed by atoms with Gasteiger partial charge in [0.1, 0.15) is 11.5 Å². The minimum atomic E-state index is -1.36. The summed E-state index contributed by atoms with van der Waals surface area (Å²) in [6.45, 7) is 1.48. The molecule has 3 nitrogen and oxygen atoms in total. The van der Waals surface area contributed by atoms with Gasteiger partial charge in [0.05, 0.1) is 0 Å². The third kappa shape index (κ3) is 1.72. The van der Waals surface area contributed by atoms with E-state index in [1.165, 1.54) is 13.0 Å². The zero-order chi connectivity index (χ0) is 11.1. The fourth-order valence-corrected chi connectivity index (χ4v) is 1.97. The van der Waals surface area contributed by atoms with Gasteiger partial charge < -0.3 is 10.4 Å². The lowest BCUT2D eigenvalue weighted by Crippen LogP contribution is -2.41. The molecule has 1 aromatic carbocycles. The first-order valence-electron chi connectivity index (χ1n) is 4.78. The summed E-state index contributed by atoms with van der Waals surface area (Å²) in [5.74, 6) is -1.17. The summed E-state index contributed by atoms with van der Waals surface area (Å²) in [4.78, 5) is 11.2. The Balaban J connectivity index is 2.40. The summed E-state index contributed by atoms with van der Waals surface area (Å²) in [7, 11) is 0. The average Bonchev–Trinajstić information content (AvgIpc) is 2.40. The molecule has 2 rings (SSSR count). The highest BCUT2D eigenvalue weighted by Gasteiger charge is 2.43. The Morgan fingerprint density at radius 3 is 2.73 bits per heavy atom. The van der Waals surface area contributed by atoms with E-state index in [4.69, 9.17) is 0 Å². The molecule has 80 valence electrons. The van der Waals surface area contributed by atoms with E-state index >= 15 is 0 Å². The molecule has 0 aromatic heterocycles. The highest BCUT2D eigenvalue weighted by atomic mass is 19.1.